The average Bonchev–Trinajstić information content (AvgIpc) is 2.90. The predicted molar refractivity (Wildman–Crippen MR) is 146 cm³/mol. The van der Waals surface area contributed by atoms with Gasteiger partial charge in [0.05, 0.1) is 16.3 Å². The lowest BCUT2D eigenvalue weighted by molar-refractivity contribution is -0.135. The Labute approximate surface area is 224 Å². The van der Waals surface area contributed by atoms with Gasteiger partial charge in [-0.2, -0.15) is 0 Å². The van der Waals surface area contributed by atoms with Gasteiger partial charge >= 0.3 is 0 Å². The first-order valence-corrected chi connectivity index (χ1v) is 12.9. The number of aromatic nitrogens is 1. The van der Waals surface area contributed by atoms with Crippen LogP contribution in [0.4, 0.5) is 4.39 Å². The maximum absolute atomic E-state index is 13.4. The van der Waals surface area contributed by atoms with E-state index >= 15 is 0 Å². The molecular weight excluding hydrogens is 511 g/mol. The minimum absolute atomic E-state index is 0.0484. The summed E-state index contributed by atoms with van der Waals surface area (Å²) >= 11 is 0.731. The number of H-pyrrole nitrogens is 1. The summed E-state index contributed by atoms with van der Waals surface area (Å²) in [5.74, 6) is -1.89. The standard InChI is InChI=1S/C26H33FN6O4S/c1-30-26(11-9-16(10-12-26)24(36)32(2)3)33(4)25(37)20-22(35)21(34)18(14-31-20)23(29)38-19(28)13-15-5-7-17(27)8-6-15/h5-8,14,16,28-30,35H,9-13H2,1-4H3,(H,31,34). The van der Waals surface area contributed by atoms with E-state index in [-0.39, 0.29) is 39.6 Å². The predicted octanol–water partition coefficient (Wildman–Crippen LogP) is 2.76. The summed E-state index contributed by atoms with van der Waals surface area (Å²) in [6.07, 6.45) is 3.51. The number of hydrogen-bond acceptors (Lipinski definition) is 8. The number of carbonyl (C=O) groups is 2. The quantitative estimate of drug-likeness (QED) is 0.205. The molecule has 5 N–H and O–H groups in total. The summed E-state index contributed by atoms with van der Waals surface area (Å²) < 4.78 is 13.1. The summed E-state index contributed by atoms with van der Waals surface area (Å²) in [4.78, 5) is 44.3. The molecule has 1 aliphatic carbocycles. The van der Waals surface area contributed by atoms with Gasteiger partial charge in [-0.1, -0.05) is 23.9 Å². The molecule has 0 atom stereocenters. The molecule has 10 nitrogen and oxygen atoms in total. The molecule has 0 bridgehead atoms. The Morgan fingerprint density at radius 3 is 2.34 bits per heavy atom. The van der Waals surface area contributed by atoms with Crippen molar-refractivity contribution in [3.63, 3.8) is 0 Å². The number of aromatic amines is 1. The molecule has 0 spiro atoms. The number of carbonyl (C=O) groups excluding carboxylic acids is 2. The van der Waals surface area contributed by atoms with Gasteiger partial charge in [-0.3, -0.25) is 30.5 Å². The lowest BCUT2D eigenvalue weighted by Gasteiger charge is -2.46. The van der Waals surface area contributed by atoms with Crippen LogP contribution >= 0.6 is 11.8 Å². The van der Waals surface area contributed by atoms with Crippen LogP contribution in [0.15, 0.2) is 35.3 Å². The van der Waals surface area contributed by atoms with Gasteiger partial charge in [0.15, 0.2) is 11.4 Å². The van der Waals surface area contributed by atoms with Crippen molar-refractivity contribution in [3.8, 4) is 5.75 Å². The molecule has 1 aromatic carbocycles. The van der Waals surface area contributed by atoms with Crippen LogP contribution in [-0.2, 0) is 11.2 Å². The second kappa shape index (κ2) is 11.9. The van der Waals surface area contributed by atoms with E-state index in [9.17, 15) is 23.9 Å². The number of benzene rings is 1. The average molecular weight is 545 g/mol. The molecule has 2 aromatic rings. The van der Waals surface area contributed by atoms with Gasteiger partial charge in [0, 0.05) is 39.7 Å². The van der Waals surface area contributed by atoms with Crippen LogP contribution in [0.5, 0.6) is 5.75 Å². The lowest BCUT2D eigenvalue weighted by atomic mass is 9.80. The van der Waals surface area contributed by atoms with Crippen LogP contribution in [0.2, 0.25) is 0 Å². The highest BCUT2D eigenvalue weighted by molar-refractivity contribution is 8.26. The first-order valence-electron chi connectivity index (χ1n) is 12.1. The Kier molecular flexibility index (Phi) is 9.10. The fraction of sp³-hybridized carbons (Fsp3) is 0.423. The summed E-state index contributed by atoms with van der Waals surface area (Å²) in [6.45, 7) is 0. The van der Waals surface area contributed by atoms with Crippen molar-refractivity contribution in [1.29, 1.82) is 10.8 Å². The molecule has 1 aliphatic rings. The zero-order valence-corrected chi connectivity index (χ0v) is 22.7. The van der Waals surface area contributed by atoms with Crippen molar-refractivity contribution in [2.24, 2.45) is 5.92 Å². The first kappa shape index (κ1) is 29.1. The Morgan fingerprint density at radius 2 is 1.79 bits per heavy atom. The number of rotatable bonds is 7. The maximum atomic E-state index is 13.4. The van der Waals surface area contributed by atoms with E-state index in [2.05, 4.69) is 10.3 Å². The van der Waals surface area contributed by atoms with Gasteiger partial charge in [-0.25, -0.2) is 4.39 Å². The number of nitrogens with one attached hydrogen (secondary N) is 4. The van der Waals surface area contributed by atoms with Crippen LogP contribution < -0.4 is 10.7 Å². The summed E-state index contributed by atoms with van der Waals surface area (Å²) in [6, 6.07) is 5.63. The molecule has 0 radical (unpaired) electrons. The molecule has 1 fully saturated rings. The Morgan fingerprint density at radius 1 is 1.18 bits per heavy atom. The van der Waals surface area contributed by atoms with Gasteiger partial charge < -0.3 is 19.9 Å². The van der Waals surface area contributed by atoms with Crippen molar-refractivity contribution in [2.75, 3.05) is 28.2 Å². The van der Waals surface area contributed by atoms with E-state index in [1.807, 2.05) is 0 Å². The largest absolute Gasteiger partial charge is 0.503 e. The number of thioether (sulfide) groups is 1. The molecule has 0 aliphatic heterocycles. The second-order valence-corrected chi connectivity index (χ2v) is 10.7. The summed E-state index contributed by atoms with van der Waals surface area (Å²) in [5.41, 5.74) is -1.47. The molecule has 1 heterocycles. The van der Waals surface area contributed by atoms with E-state index in [1.165, 1.54) is 35.4 Å². The minimum atomic E-state index is -0.897. The van der Waals surface area contributed by atoms with Crippen molar-refractivity contribution in [1.82, 2.24) is 20.1 Å². The fourth-order valence-corrected chi connectivity index (χ4v) is 5.42. The molecule has 0 saturated heterocycles. The van der Waals surface area contributed by atoms with Gasteiger partial charge in [0.1, 0.15) is 10.9 Å². The smallest absolute Gasteiger partial charge is 0.275 e. The summed E-state index contributed by atoms with van der Waals surface area (Å²) in [7, 11) is 6.73. The van der Waals surface area contributed by atoms with Crippen molar-refractivity contribution >= 4 is 33.7 Å². The lowest BCUT2D eigenvalue weighted by Crippen LogP contribution is -2.60. The highest BCUT2D eigenvalue weighted by atomic mass is 32.2. The third kappa shape index (κ3) is 6.13. The monoisotopic (exact) mass is 544 g/mol. The second-order valence-electron chi connectivity index (χ2n) is 9.57. The van der Waals surface area contributed by atoms with E-state index < -0.39 is 28.6 Å². The van der Waals surface area contributed by atoms with Gasteiger partial charge in [0.2, 0.25) is 11.3 Å². The maximum Gasteiger partial charge on any atom is 0.275 e. The van der Waals surface area contributed by atoms with Crippen LogP contribution in [0.3, 0.4) is 0 Å². The Bertz CT molecular complexity index is 1290. The number of nitrogens with zero attached hydrogens (tertiary/aromatic N) is 2. The normalized spacial score (nSPS) is 19.0. The topological polar surface area (TPSA) is 153 Å². The Hall–Kier alpha value is -3.51. The molecule has 38 heavy (non-hydrogen) atoms. The van der Waals surface area contributed by atoms with Gasteiger partial charge in [0.25, 0.3) is 5.91 Å². The fourth-order valence-electron chi connectivity index (χ4n) is 4.68. The highest BCUT2D eigenvalue weighted by Gasteiger charge is 2.42. The molecule has 1 saturated carbocycles. The number of aromatic hydroxyl groups is 1. The zero-order chi connectivity index (χ0) is 28.2. The molecule has 204 valence electrons. The van der Waals surface area contributed by atoms with E-state index in [1.54, 1.807) is 33.1 Å². The van der Waals surface area contributed by atoms with Crippen molar-refractivity contribution in [2.45, 2.75) is 37.8 Å². The zero-order valence-electron chi connectivity index (χ0n) is 21.9. The highest BCUT2D eigenvalue weighted by Crippen LogP contribution is 2.35. The number of halogens is 1. The van der Waals surface area contributed by atoms with Crippen LogP contribution in [0, 0.1) is 22.6 Å². The minimum Gasteiger partial charge on any atom is -0.503 e. The van der Waals surface area contributed by atoms with Gasteiger partial charge in [-0.15, -0.1) is 0 Å². The molecule has 0 unspecified atom stereocenters. The SMILES string of the molecule is CNC1(N(C)C(=O)c2[nH]cc(C(=N)SC(=N)Cc3ccc(F)cc3)c(=O)c2O)CCC(C(=O)N(C)C)CC1. The van der Waals surface area contributed by atoms with Crippen molar-refractivity contribution < 1.29 is 19.1 Å². The van der Waals surface area contributed by atoms with Gasteiger partial charge in [-0.05, 0) is 50.4 Å². The molecule has 2 amide bonds. The number of amides is 2. The molecular formula is C26H33FN6O4S. The third-order valence-corrected chi connectivity index (χ3v) is 7.85. The van der Waals surface area contributed by atoms with Crippen LogP contribution in [-0.4, -0.2) is 75.6 Å². The molecule has 12 heteroatoms. The van der Waals surface area contributed by atoms with Crippen LogP contribution in [0.1, 0.15) is 47.3 Å². The first-order chi connectivity index (χ1) is 17.9. The molecule has 3 rings (SSSR count). The Balaban J connectivity index is 1.73. The summed E-state index contributed by atoms with van der Waals surface area (Å²) in [5, 5.41) is 30.0. The molecule has 1 aromatic heterocycles. The number of pyridine rings is 1. The van der Waals surface area contributed by atoms with Crippen molar-refractivity contribution in [3.05, 3.63) is 63.3 Å². The van der Waals surface area contributed by atoms with Crippen LogP contribution in [0.25, 0.3) is 0 Å². The number of hydrogen-bond donors (Lipinski definition) is 5. The van der Waals surface area contributed by atoms with E-state index in [4.69, 9.17) is 10.8 Å². The van der Waals surface area contributed by atoms with E-state index in [0.717, 1.165) is 11.8 Å². The van der Waals surface area contributed by atoms with E-state index in [0.29, 0.717) is 31.2 Å². The third-order valence-electron chi connectivity index (χ3n) is 7.03.